The molecule has 1 aromatic carbocycles. The van der Waals surface area contributed by atoms with Gasteiger partial charge in [-0.05, 0) is 11.3 Å². The fourth-order valence-corrected chi connectivity index (χ4v) is 3.16. The highest BCUT2D eigenvalue weighted by Crippen LogP contribution is 2.26. The van der Waals surface area contributed by atoms with Crippen molar-refractivity contribution >= 4 is 11.8 Å². The van der Waals surface area contributed by atoms with E-state index in [0.717, 1.165) is 13.1 Å². The third-order valence-corrected chi connectivity index (χ3v) is 4.30. The van der Waals surface area contributed by atoms with Crippen LogP contribution in [0.4, 0.5) is 0 Å². The molecule has 3 heteroatoms. The molecule has 1 aromatic rings. The largest absolute Gasteiger partial charge is 0.326 e. The first kappa shape index (κ1) is 12.9. The van der Waals surface area contributed by atoms with Gasteiger partial charge in [0.1, 0.15) is 0 Å². The third kappa shape index (κ3) is 3.47. The van der Waals surface area contributed by atoms with Crippen LogP contribution in [-0.4, -0.2) is 42.1 Å². The third-order valence-electron chi connectivity index (χ3n) is 3.42. The molecule has 1 aliphatic rings. The van der Waals surface area contributed by atoms with E-state index >= 15 is 0 Å². The average Bonchev–Trinajstić information content (AvgIpc) is 2.72. The maximum atomic E-state index is 6.26. The van der Waals surface area contributed by atoms with Crippen molar-refractivity contribution in [2.75, 3.05) is 31.1 Å². The molecule has 1 aliphatic heterocycles. The average molecular weight is 250 g/mol. The molecule has 2 nitrogen and oxygen atoms in total. The Kier molecular flexibility index (Phi) is 4.89. The second-order valence-electron chi connectivity index (χ2n) is 4.64. The van der Waals surface area contributed by atoms with E-state index in [9.17, 15) is 0 Å². The van der Waals surface area contributed by atoms with Crippen LogP contribution in [-0.2, 0) is 0 Å². The van der Waals surface area contributed by atoms with Crippen LogP contribution < -0.4 is 5.73 Å². The number of nitrogens with zero attached hydrogens (tertiary/aromatic N) is 1. The highest BCUT2D eigenvalue weighted by atomic mass is 32.2. The Labute approximate surface area is 109 Å². The van der Waals surface area contributed by atoms with Crippen molar-refractivity contribution in [1.29, 1.82) is 0 Å². The number of hydrogen-bond donors (Lipinski definition) is 1. The summed E-state index contributed by atoms with van der Waals surface area (Å²) in [5, 5.41) is 0. The second-order valence-corrected chi connectivity index (χ2v) is 6.03. The summed E-state index contributed by atoms with van der Waals surface area (Å²) in [5.74, 6) is 2.95. The lowest BCUT2D eigenvalue weighted by molar-refractivity contribution is 0.353. The Balaban J connectivity index is 1.89. The van der Waals surface area contributed by atoms with Gasteiger partial charge in [0, 0.05) is 37.3 Å². The number of likely N-dealkylation sites (tertiary alicyclic amines) is 1. The van der Waals surface area contributed by atoms with Crippen LogP contribution in [0.1, 0.15) is 18.4 Å². The van der Waals surface area contributed by atoms with E-state index in [4.69, 9.17) is 5.73 Å². The Morgan fingerprint density at radius 3 is 2.76 bits per heavy atom. The van der Waals surface area contributed by atoms with Crippen molar-refractivity contribution < 1.29 is 0 Å². The second kappa shape index (κ2) is 6.43. The lowest BCUT2D eigenvalue weighted by Gasteiger charge is -2.15. The lowest BCUT2D eigenvalue weighted by Crippen LogP contribution is -2.29. The fraction of sp³-hybridized carbons (Fsp3) is 0.571. The van der Waals surface area contributed by atoms with Crippen LogP contribution >= 0.6 is 11.8 Å². The molecule has 0 radical (unpaired) electrons. The molecule has 0 aromatic heterocycles. The van der Waals surface area contributed by atoms with Crippen LogP contribution in [0, 0.1) is 0 Å². The Hall–Kier alpha value is -0.510. The normalized spacial score (nSPS) is 25.3. The summed E-state index contributed by atoms with van der Waals surface area (Å²) in [6.07, 6.45) is 0. The quantitative estimate of drug-likeness (QED) is 0.812. The summed E-state index contributed by atoms with van der Waals surface area (Å²) in [4.78, 5) is 2.50. The minimum atomic E-state index is 0.295. The van der Waals surface area contributed by atoms with Gasteiger partial charge in [-0.2, -0.15) is 11.8 Å². The van der Waals surface area contributed by atoms with Crippen molar-refractivity contribution in [2.24, 2.45) is 5.73 Å². The van der Waals surface area contributed by atoms with Gasteiger partial charge in [0.05, 0.1) is 0 Å². The molecule has 0 amide bonds. The van der Waals surface area contributed by atoms with Crippen LogP contribution in [0.5, 0.6) is 0 Å². The van der Waals surface area contributed by atoms with Crippen molar-refractivity contribution in [3.63, 3.8) is 0 Å². The first-order valence-corrected chi connectivity index (χ1v) is 7.57. The Bertz CT molecular complexity index is 328. The summed E-state index contributed by atoms with van der Waals surface area (Å²) in [5.41, 5.74) is 7.65. The molecule has 94 valence electrons. The van der Waals surface area contributed by atoms with Crippen molar-refractivity contribution in [3.8, 4) is 0 Å². The molecule has 0 spiro atoms. The maximum absolute atomic E-state index is 6.26. The summed E-state index contributed by atoms with van der Waals surface area (Å²) in [6, 6.07) is 11.0. The molecule has 2 rings (SSSR count). The van der Waals surface area contributed by atoms with E-state index in [1.54, 1.807) is 0 Å². The maximum Gasteiger partial charge on any atom is 0.0249 e. The lowest BCUT2D eigenvalue weighted by atomic mass is 9.95. The number of nitrogens with two attached hydrogens (primary N) is 1. The fourth-order valence-electron chi connectivity index (χ4n) is 2.49. The molecule has 0 saturated carbocycles. The molecule has 0 bridgehead atoms. The van der Waals surface area contributed by atoms with Crippen molar-refractivity contribution in [3.05, 3.63) is 35.9 Å². The van der Waals surface area contributed by atoms with Crippen molar-refractivity contribution in [1.82, 2.24) is 4.90 Å². The predicted octanol–water partition coefficient (Wildman–Crippen LogP) is 2.17. The standard InChI is InChI=1S/C14H22N2S/c1-2-17-9-8-16-10-13(14(15)11-16)12-6-4-3-5-7-12/h3-7,13-14H,2,8-11,15H2,1H3. The highest BCUT2D eigenvalue weighted by Gasteiger charge is 2.30. The zero-order chi connectivity index (χ0) is 12.1. The van der Waals surface area contributed by atoms with Gasteiger partial charge in [-0.3, -0.25) is 0 Å². The summed E-state index contributed by atoms with van der Waals surface area (Å²) < 4.78 is 0. The van der Waals surface area contributed by atoms with Crippen LogP contribution in [0.15, 0.2) is 30.3 Å². The van der Waals surface area contributed by atoms with E-state index in [1.165, 1.54) is 23.6 Å². The topological polar surface area (TPSA) is 29.3 Å². The van der Waals surface area contributed by atoms with Gasteiger partial charge in [-0.25, -0.2) is 0 Å². The molecule has 1 fully saturated rings. The Morgan fingerprint density at radius 1 is 1.29 bits per heavy atom. The summed E-state index contributed by atoms with van der Waals surface area (Å²) in [6.45, 7) is 5.56. The molecule has 1 heterocycles. The SMILES string of the molecule is CCSCCN1CC(N)C(c2ccccc2)C1. The van der Waals surface area contributed by atoms with Crippen LogP contribution in [0.25, 0.3) is 0 Å². The first-order chi connectivity index (χ1) is 8.31. The molecular formula is C14H22N2S. The minimum Gasteiger partial charge on any atom is -0.326 e. The van der Waals surface area contributed by atoms with E-state index < -0.39 is 0 Å². The first-order valence-electron chi connectivity index (χ1n) is 6.42. The van der Waals surface area contributed by atoms with Gasteiger partial charge in [-0.1, -0.05) is 37.3 Å². The van der Waals surface area contributed by atoms with E-state index in [0.29, 0.717) is 12.0 Å². The van der Waals surface area contributed by atoms with Gasteiger partial charge in [0.25, 0.3) is 0 Å². The van der Waals surface area contributed by atoms with E-state index in [-0.39, 0.29) is 0 Å². The Morgan fingerprint density at radius 2 is 2.06 bits per heavy atom. The molecule has 2 unspecified atom stereocenters. The number of rotatable bonds is 5. The predicted molar refractivity (Wildman–Crippen MR) is 76.6 cm³/mol. The van der Waals surface area contributed by atoms with Crippen LogP contribution in [0.2, 0.25) is 0 Å². The molecule has 2 N–H and O–H groups in total. The molecule has 0 aliphatic carbocycles. The van der Waals surface area contributed by atoms with Gasteiger partial charge in [-0.15, -0.1) is 0 Å². The number of hydrogen-bond acceptors (Lipinski definition) is 3. The molecule has 1 saturated heterocycles. The monoisotopic (exact) mass is 250 g/mol. The summed E-state index contributed by atoms with van der Waals surface area (Å²) in [7, 11) is 0. The van der Waals surface area contributed by atoms with Crippen LogP contribution in [0.3, 0.4) is 0 Å². The molecular weight excluding hydrogens is 228 g/mol. The van der Waals surface area contributed by atoms with E-state index in [1.807, 2.05) is 11.8 Å². The van der Waals surface area contributed by atoms with E-state index in [2.05, 4.69) is 42.2 Å². The van der Waals surface area contributed by atoms with Gasteiger partial charge in [0.2, 0.25) is 0 Å². The number of benzene rings is 1. The van der Waals surface area contributed by atoms with Gasteiger partial charge < -0.3 is 10.6 Å². The zero-order valence-corrected chi connectivity index (χ0v) is 11.3. The minimum absolute atomic E-state index is 0.295. The smallest absolute Gasteiger partial charge is 0.0249 e. The zero-order valence-electron chi connectivity index (χ0n) is 10.5. The number of thioether (sulfide) groups is 1. The van der Waals surface area contributed by atoms with Gasteiger partial charge in [0.15, 0.2) is 0 Å². The molecule has 2 atom stereocenters. The molecule has 17 heavy (non-hydrogen) atoms. The van der Waals surface area contributed by atoms with Crippen molar-refractivity contribution in [2.45, 2.75) is 18.9 Å². The summed E-state index contributed by atoms with van der Waals surface area (Å²) >= 11 is 2.01. The van der Waals surface area contributed by atoms with Gasteiger partial charge >= 0.3 is 0 Å². The highest BCUT2D eigenvalue weighted by molar-refractivity contribution is 7.99.